The fourth-order valence-electron chi connectivity index (χ4n) is 4.59. The van der Waals surface area contributed by atoms with Crippen molar-refractivity contribution in [2.45, 2.75) is 50.1 Å². The number of benzene rings is 2. The summed E-state index contributed by atoms with van der Waals surface area (Å²) in [5.74, 6) is -0.600. The van der Waals surface area contributed by atoms with E-state index < -0.39 is 39.7 Å². The lowest BCUT2D eigenvalue weighted by Gasteiger charge is -2.33. The molecule has 1 unspecified atom stereocenters. The lowest BCUT2D eigenvalue weighted by atomic mass is 10.0. The van der Waals surface area contributed by atoms with E-state index in [1.807, 2.05) is 13.8 Å². The standard InChI is InChI=1S/C27H33N3O8S/c1-17(2)13-21(29-26(32)18-6-11-24-25(14-18)38-16-37-24)27(33)30(22-5-4-12-28-15-23(22)31)39(34,35)20-9-7-19(36-3)8-10-20/h6-11,14,17,21-22,28H,4-5,12-13,15-16H2,1-3H3,(H,29,32)/t21-,22?/m0/s1. The zero-order valence-corrected chi connectivity index (χ0v) is 23.0. The molecule has 0 spiro atoms. The molecule has 2 N–H and O–H groups in total. The summed E-state index contributed by atoms with van der Waals surface area (Å²) in [6.45, 7) is 4.21. The lowest BCUT2D eigenvalue weighted by Crippen LogP contribution is -2.56. The van der Waals surface area contributed by atoms with Crippen LogP contribution in [0.2, 0.25) is 0 Å². The van der Waals surface area contributed by atoms with E-state index >= 15 is 0 Å². The molecule has 0 aromatic heterocycles. The first-order chi connectivity index (χ1) is 18.6. The largest absolute Gasteiger partial charge is 0.497 e. The second kappa shape index (κ2) is 12.0. The number of nitrogens with zero attached hydrogens (tertiary/aromatic N) is 1. The van der Waals surface area contributed by atoms with Crippen LogP contribution in [0.4, 0.5) is 0 Å². The number of nitrogens with one attached hydrogen (secondary N) is 2. The Balaban J connectivity index is 1.71. The molecular formula is C27H33N3O8S. The first-order valence-corrected chi connectivity index (χ1v) is 14.2. The molecule has 2 aliphatic rings. The maximum absolute atomic E-state index is 14.1. The predicted octanol–water partition coefficient (Wildman–Crippen LogP) is 2.11. The number of ketones is 1. The van der Waals surface area contributed by atoms with Gasteiger partial charge in [-0.05, 0) is 74.2 Å². The first-order valence-electron chi connectivity index (χ1n) is 12.8. The number of hydrogen-bond donors (Lipinski definition) is 2. The minimum absolute atomic E-state index is 0.0390. The van der Waals surface area contributed by atoms with Crippen LogP contribution in [0.15, 0.2) is 47.4 Å². The Morgan fingerprint density at radius 2 is 1.85 bits per heavy atom. The highest BCUT2D eigenvalue weighted by atomic mass is 32.2. The minimum Gasteiger partial charge on any atom is -0.497 e. The maximum atomic E-state index is 14.1. The van der Waals surface area contributed by atoms with E-state index in [1.165, 1.54) is 43.5 Å². The van der Waals surface area contributed by atoms with Crippen molar-refractivity contribution < 1.29 is 37.0 Å². The van der Waals surface area contributed by atoms with Crippen LogP contribution in [0.3, 0.4) is 0 Å². The predicted molar refractivity (Wildman–Crippen MR) is 141 cm³/mol. The van der Waals surface area contributed by atoms with Crippen molar-refractivity contribution in [3.8, 4) is 17.2 Å². The molecule has 4 rings (SSSR count). The van der Waals surface area contributed by atoms with Gasteiger partial charge in [-0.2, -0.15) is 0 Å². The molecule has 0 aliphatic carbocycles. The number of sulfonamides is 1. The molecule has 2 atom stereocenters. The van der Waals surface area contributed by atoms with Crippen LogP contribution in [-0.4, -0.2) is 69.4 Å². The van der Waals surface area contributed by atoms with Gasteiger partial charge in [-0.25, -0.2) is 12.7 Å². The number of ether oxygens (including phenoxy) is 3. The Bertz CT molecular complexity index is 1330. The second-order valence-corrected chi connectivity index (χ2v) is 11.7. The van der Waals surface area contributed by atoms with Crippen LogP contribution in [0.1, 0.15) is 43.5 Å². The van der Waals surface area contributed by atoms with E-state index in [0.717, 1.165) is 0 Å². The molecule has 2 aromatic rings. The highest BCUT2D eigenvalue weighted by Gasteiger charge is 2.43. The number of rotatable bonds is 9. The molecule has 1 fully saturated rings. The lowest BCUT2D eigenvalue weighted by molar-refractivity contribution is -0.135. The number of fused-ring (bicyclic) bond motifs is 1. The van der Waals surface area contributed by atoms with Crippen molar-refractivity contribution >= 4 is 27.6 Å². The fraction of sp³-hybridized carbons (Fsp3) is 0.444. The van der Waals surface area contributed by atoms with Gasteiger partial charge in [0, 0.05) is 5.56 Å². The quantitative estimate of drug-likeness (QED) is 0.473. The van der Waals surface area contributed by atoms with Crippen LogP contribution in [0.5, 0.6) is 17.2 Å². The summed E-state index contributed by atoms with van der Waals surface area (Å²) in [6, 6.07) is 7.81. The number of hydrogen-bond acceptors (Lipinski definition) is 9. The van der Waals surface area contributed by atoms with Gasteiger partial charge in [0.05, 0.1) is 18.6 Å². The summed E-state index contributed by atoms with van der Waals surface area (Å²) in [6.07, 6.45) is 0.817. The number of carbonyl (C=O) groups is 3. The molecule has 2 aliphatic heterocycles. The highest BCUT2D eigenvalue weighted by Crippen LogP contribution is 2.32. The topological polar surface area (TPSA) is 140 Å². The normalized spacial score (nSPS) is 17.8. The van der Waals surface area contributed by atoms with Crippen LogP contribution in [0.25, 0.3) is 0 Å². The molecular weight excluding hydrogens is 526 g/mol. The third-order valence-corrected chi connectivity index (χ3v) is 8.38. The van der Waals surface area contributed by atoms with Crippen LogP contribution in [-0.2, 0) is 19.6 Å². The Hall–Kier alpha value is -3.64. The number of methoxy groups -OCH3 is 1. The Morgan fingerprint density at radius 3 is 2.54 bits per heavy atom. The van der Waals surface area contributed by atoms with Gasteiger partial charge in [-0.1, -0.05) is 13.8 Å². The highest BCUT2D eigenvalue weighted by molar-refractivity contribution is 7.89. The van der Waals surface area contributed by atoms with Gasteiger partial charge >= 0.3 is 0 Å². The van der Waals surface area contributed by atoms with Gasteiger partial charge in [-0.3, -0.25) is 14.4 Å². The minimum atomic E-state index is -4.47. The maximum Gasteiger partial charge on any atom is 0.267 e. The summed E-state index contributed by atoms with van der Waals surface area (Å²) < 4.78 is 44.4. The smallest absolute Gasteiger partial charge is 0.267 e. The molecule has 1 saturated heterocycles. The number of carbonyl (C=O) groups excluding carboxylic acids is 3. The van der Waals surface area contributed by atoms with E-state index in [1.54, 1.807) is 6.07 Å². The van der Waals surface area contributed by atoms with Gasteiger partial charge < -0.3 is 24.8 Å². The summed E-state index contributed by atoms with van der Waals surface area (Å²) >= 11 is 0. The van der Waals surface area contributed by atoms with Crippen molar-refractivity contribution in [3.05, 3.63) is 48.0 Å². The van der Waals surface area contributed by atoms with Gasteiger partial charge in [0.1, 0.15) is 17.8 Å². The Kier molecular flexibility index (Phi) is 8.76. The third-order valence-electron chi connectivity index (χ3n) is 6.56. The van der Waals surface area contributed by atoms with E-state index in [0.29, 0.717) is 34.5 Å². The summed E-state index contributed by atoms with van der Waals surface area (Å²) in [5.41, 5.74) is 0.222. The van der Waals surface area contributed by atoms with Crippen LogP contribution >= 0.6 is 0 Å². The summed E-state index contributed by atoms with van der Waals surface area (Å²) in [4.78, 5) is 40.3. The van der Waals surface area contributed by atoms with E-state index in [9.17, 15) is 22.8 Å². The molecule has 12 heteroatoms. The van der Waals surface area contributed by atoms with Crippen molar-refractivity contribution in [2.24, 2.45) is 5.92 Å². The molecule has 0 radical (unpaired) electrons. The van der Waals surface area contributed by atoms with E-state index in [4.69, 9.17) is 14.2 Å². The monoisotopic (exact) mass is 559 g/mol. The SMILES string of the molecule is COc1ccc(S(=O)(=O)N(C(=O)[C@H](CC(C)C)NC(=O)c2ccc3c(c2)OCO3)C2CCCNCC2=O)cc1. The fourth-order valence-corrected chi connectivity index (χ4v) is 6.21. The number of Topliss-reactive ketones (excluding diaryl/α,β-unsaturated/α-hetero) is 1. The van der Waals surface area contributed by atoms with Gasteiger partial charge in [-0.15, -0.1) is 0 Å². The van der Waals surface area contributed by atoms with Gasteiger partial charge in [0.25, 0.3) is 21.8 Å². The van der Waals surface area contributed by atoms with Gasteiger partial charge in [0.2, 0.25) is 6.79 Å². The van der Waals surface area contributed by atoms with Crippen LogP contribution in [0, 0.1) is 5.92 Å². The van der Waals surface area contributed by atoms with Crippen molar-refractivity contribution in [1.82, 2.24) is 14.9 Å². The molecule has 2 amide bonds. The number of amides is 2. The average Bonchev–Trinajstić information content (AvgIpc) is 3.29. The Morgan fingerprint density at radius 1 is 1.13 bits per heavy atom. The molecule has 0 saturated carbocycles. The Labute approximate surface area is 227 Å². The van der Waals surface area contributed by atoms with Crippen molar-refractivity contribution in [3.63, 3.8) is 0 Å². The molecule has 2 heterocycles. The molecule has 11 nitrogen and oxygen atoms in total. The molecule has 39 heavy (non-hydrogen) atoms. The molecule has 0 bridgehead atoms. The zero-order chi connectivity index (χ0) is 28.2. The van der Waals surface area contributed by atoms with Crippen molar-refractivity contribution in [1.29, 1.82) is 0 Å². The average molecular weight is 560 g/mol. The van der Waals surface area contributed by atoms with E-state index in [2.05, 4.69) is 10.6 Å². The third kappa shape index (κ3) is 6.34. The summed E-state index contributed by atoms with van der Waals surface area (Å²) in [7, 11) is -3.02. The van der Waals surface area contributed by atoms with E-state index in [-0.39, 0.29) is 42.6 Å². The molecule has 210 valence electrons. The zero-order valence-electron chi connectivity index (χ0n) is 22.1. The second-order valence-electron chi connectivity index (χ2n) is 9.84. The summed E-state index contributed by atoms with van der Waals surface area (Å²) in [5, 5.41) is 5.68. The van der Waals surface area contributed by atoms with Crippen molar-refractivity contribution in [2.75, 3.05) is 27.0 Å². The molecule has 2 aromatic carbocycles. The first kappa shape index (κ1) is 28.4. The van der Waals surface area contributed by atoms with Gasteiger partial charge in [0.15, 0.2) is 17.3 Å². The van der Waals surface area contributed by atoms with Crippen LogP contribution < -0.4 is 24.8 Å².